The number of nitrogens with zero attached hydrogens (tertiary/aromatic N) is 1. The monoisotopic (exact) mass is 284 g/mol. The molecule has 1 N–H and O–H groups in total. The SMILES string of the molecule is Cn1ccc2cc(C#CCNC(=O)OC(C)(C)C)ccc21. The number of fused-ring (bicyclic) bond motifs is 1. The molecule has 2 aromatic rings. The molecule has 21 heavy (non-hydrogen) atoms. The van der Waals surface area contributed by atoms with Crippen LogP contribution in [0.3, 0.4) is 0 Å². The number of carbonyl (C=O) groups excluding carboxylic acids is 1. The number of nitrogens with one attached hydrogen (secondary N) is 1. The summed E-state index contributed by atoms with van der Waals surface area (Å²) in [6.45, 7) is 5.75. The van der Waals surface area contributed by atoms with Gasteiger partial charge in [-0.15, -0.1) is 0 Å². The maximum absolute atomic E-state index is 11.4. The van der Waals surface area contributed by atoms with E-state index in [1.54, 1.807) is 0 Å². The second-order valence-corrected chi connectivity index (χ2v) is 5.86. The number of hydrogen-bond donors (Lipinski definition) is 1. The Morgan fingerprint density at radius 3 is 2.81 bits per heavy atom. The highest BCUT2D eigenvalue weighted by molar-refractivity contribution is 5.81. The number of aromatic nitrogens is 1. The lowest BCUT2D eigenvalue weighted by atomic mass is 10.1. The van der Waals surface area contributed by atoms with Crippen molar-refractivity contribution in [1.29, 1.82) is 0 Å². The van der Waals surface area contributed by atoms with E-state index < -0.39 is 11.7 Å². The van der Waals surface area contributed by atoms with Crippen molar-refractivity contribution in [3.05, 3.63) is 36.0 Å². The van der Waals surface area contributed by atoms with Gasteiger partial charge in [-0.25, -0.2) is 4.79 Å². The molecule has 0 spiro atoms. The van der Waals surface area contributed by atoms with E-state index in [1.807, 2.05) is 52.2 Å². The van der Waals surface area contributed by atoms with Crippen LogP contribution in [0.4, 0.5) is 4.79 Å². The molecule has 0 fully saturated rings. The lowest BCUT2D eigenvalue weighted by molar-refractivity contribution is 0.0535. The summed E-state index contributed by atoms with van der Waals surface area (Å²) in [5.74, 6) is 5.96. The summed E-state index contributed by atoms with van der Waals surface area (Å²) in [7, 11) is 2.01. The van der Waals surface area contributed by atoms with E-state index in [0.717, 1.165) is 10.9 Å². The molecule has 0 radical (unpaired) electrons. The van der Waals surface area contributed by atoms with Crippen molar-refractivity contribution in [2.45, 2.75) is 26.4 Å². The molecule has 0 aliphatic heterocycles. The minimum atomic E-state index is -0.490. The molecular weight excluding hydrogens is 264 g/mol. The van der Waals surface area contributed by atoms with E-state index in [-0.39, 0.29) is 6.54 Å². The molecule has 0 bridgehead atoms. The van der Waals surface area contributed by atoms with Crippen LogP contribution >= 0.6 is 0 Å². The van der Waals surface area contributed by atoms with Gasteiger partial charge in [0.15, 0.2) is 0 Å². The van der Waals surface area contributed by atoms with Gasteiger partial charge in [0.2, 0.25) is 0 Å². The zero-order chi connectivity index (χ0) is 15.5. The minimum Gasteiger partial charge on any atom is -0.444 e. The number of ether oxygens (including phenoxy) is 1. The third-order valence-electron chi connectivity index (χ3n) is 2.84. The molecule has 1 aromatic carbocycles. The van der Waals surface area contributed by atoms with Crippen molar-refractivity contribution in [1.82, 2.24) is 9.88 Å². The smallest absolute Gasteiger partial charge is 0.408 e. The highest BCUT2D eigenvalue weighted by Gasteiger charge is 2.14. The van der Waals surface area contributed by atoms with E-state index in [4.69, 9.17) is 4.74 Å². The average Bonchev–Trinajstić information content (AvgIpc) is 2.74. The number of carbonyl (C=O) groups is 1. The van der Waals surface area contributed by atoms with E-state index in [9.17, 15) is 4.79 Å². The number of aryl methyl sites for hydroxylation is 1. The first-order chi connectivity index (χ1) is 9.85. The van der Waals surface area contributed by atoms with Crippen LogP contribution in [0, 0.1) is 11.8 Å². The van der Waals surface area contributed by atoms with Crippen LogP contribution < -0.4 is 5.32 Å². The molecule has 0 atom stereocenters. The molecule has 110 valence electrons. The van der Waals surface area contributed by atoms with Crippen LogP contribution in [0.2, 0.25) is 0 Å². The van der Waals surface area contributed by atoms with Crippen LogP contribution in [-0.2, 0) is 11.8 Å². The largest absolute Gasteiger partial charge is 0.444 e. The van der Waals surface area contributed by atoms with Crippen LogP contribution in [0.15, 0.2) is 30.5 Å². The molecule has 0 unspecified atom stereocenters. The second kappa shape index (κ2) is 5.92. The van der Waals surface area contributed by atoms with Gasteiger partial charge in [0.05, 0.1) is 6.54 Å². The second-order valence-electron chi connectivity index (χ2n) is 5.86. The summed E-state index contributed by atoms with van der Waals surface area (Å²) < 4.78 is 7.20. The van der Waals surface area contributed by atoms with Crippen LogP contribution in [0.1, 0.15) is 26.3 Å². The number of rotatable bonds is 1. The van der Waals surface area contributed by atoms with Gasteiger partial charge in [-0.3, -0.25) is 0 Å². The quantitative estimate of drug-likeness (QED) is 0.818. The van der Waals surface area contributed by atoms with Gasteiger partial charge in [-0.1, -0.05) is 11.8 Å². The van der Waals surface area contributed by atoms with Gasteiger partial charge in [0.25, 0.3) is 0 Å². The van der Waals surface area contributed by atoms with Crippen molar-refractivity contribution >= 4 is 17.0 Å². The van der Waals surface area contributed by atoms with E-state index in [0.29, 0.717) is 0 Å². The fraction of sp³-hybridized carbons (Fsp3) is 0.353. The van der Waals surface area contributed by atoms with E-state index in [2.05, 4.69) is 27.8 Å². The molecule has 2 rings (SSSR count). The predicted molar refractivity (Wildman–Crippen MR) is 84.0 cm³/mol. The summed E-state index contributed by atoms with van der Waals surface area (Å²) in [4.78, 5) is 11.4. The van der Waals surface area contributed by atoms with Crippen molar-refractivity contribution in [2.24, 2.45) is 7.05 Å². The fourth-order valence-corrected chi connectivity index (χ4v) is 1.94. The standard InChI is InChI=1S/C17H20N2O2/c1-17(2,3)21-16(20)18-10-5-6-13-7-8-15-14(12-13)9-11-19(15)4/h7-9,11-12H,10H2,1-4H3,(H,18,20). The third kappa shape index (κ3) is 4.28. The fourth-order valence-electron chi connectivity index (χ4n) is 1.94. The van der Waals surface area contributed by atoms with Gasteiger partial charge in [0, 0.05) is 29.7 Å². The van der Waals surface area contributed by atoms with Gasteiger partial charge < -0.3 is 14.6 Å². The zero-order valence-electron chi connectivity index (χ0n) is 12.9. The topological polar surface area (TPSA) is 43.3 Å². The number of amides is 1. The number of benzene rings is 1. The van der Waals surface area contributed by atoms with Gasteiger partial charge in [-0.05, 0) is 45.0 Å². The van der Waals surface area contributed by atoms with Crippen LogP contribution in [0.5, 0.6) is 0 Å². The number of alkyl carbamates (subject to hydrolysis) is 1. The van der Waals surface area contributed by atoms with Crippen LogP contribution in [0.25, 0.3) is 10.9 Å². The van der Waals surface area contributed by atoms with Gasteiger partial charge in [-0.2, -0.15) is 0 Å². The lowest BCUT2D eigenvalue weighted by Crippen LogP contribution is -2.32. The highest BCUT2D eigenvalue weighted by atomic mass is 16.6. The van der Waals surface area contributed by atoms with Crippen molar-refractivity contribution in [3.63, 3.8) is 0 Å². The zero-order valence-corrected chi connectivity index (χ0v) is 12.9. The van der Waals surface area contributed by atoms with Crippen molar-refractivity contribution in [2.75, 3.05) is 6.54 Å². The van der Waals surface area contributed by atoms with Gasteiger partial charge >= 0.3 is 6.09 Å². The molecule has 1 heterocycles. The summed E-state index contributed by atoms with van der Waals surface area (Å²) in [5, 5.41) is 3.77. The Morgan fingerprint density at radius 1 is 1.33 bits per heavy atom. The van der Waals surface area contributed by atoms with E-state index >= 15 is 0 Å². The van der Waals surface area contributed by atoms with E-state index in [1.165, 1.54) is 5.52 Å². The molecule has 1 amide bonds. The Labute approximate surface area is 125 Å². The Hall–Kier alpha value is -2.41. The molecular formula is C17H20N2O2. The molecule has 4 nitrogen and oxygen atoms in total. The Bertz CT molecular complexity index is 712. The molecule has 0 aliphatic rings. The molecule has 0 saturated carbocycles. The molecule has 0 aliphatic carbocycles. The van der Waals surface area contributed by atoms with Gasteiger partial charge in [0.1, 0.15) is 5.60 Å². The molecule has 4 heteroatoms. The van der Waals surface area contributed by atoms with Crippen molar-refractivity contribution in [3.8, 4) is 11.8 Å². The maximum atomic E-state index is 11.4. The Balaban J connectivity index is 1.94. The van der Waals surface area contributed by atoms with Crippen LogP contribution in [-0.4, -0.2) is 22.8 Å². The summed E-state index contributed by atoms with van der Waals surface area (Å²) in [6.07, 6.45) is 1.57. The van der Waals surface area contributed by atoms with Crippen molar-refractivity contribution < 1.29 is 9.53 Å². The first-order valence-electron chi connectivity index (χ1n) is 6.86. The first kappa shape index (κ1) is 15.0. The summed E-state index contributed by atoms with van der Waals surface area (Å²) in [5.41, 5.74) is 1.61. The summed E-state index contributed by atoms with van der Waals surface area (Å²) in [6, 6.07) is 8.11. The first-order valence-corrected chi connectivity index (χ1v) is 6.86. The Kier molecular flexibility index (Phi) is 4.23. The maximum Gasteiger partial charge on any atom is 0.408 e. The minimum absolute atomic E-state index is 0.266. The lowest BCUT2D eigenvalue weighted by Gasteiger charge is -2.18. The highest BCUT2D eigenvalue weighted by Crippen LogP contribution is 2.15. The molecule has 1 aromatic heterocycles. The normalized spacial score (nSPS) is 10.9. The third-order valence-corrected chi connectivity index (χ3v) is 2.84. The summed E-state index contributed by atoms with van der Waals surface area (Å²) >= 11 is 0. The average molecular weight is 284 g/mol. The molecule has 0 saturated heterocycles. The Morgan fingerprint density at radius 2 is 2.10 bits per heavy atom. The number of hydrogen-bond acceptors (Lipinski definition) is 2. The predicted octanol–water partition coefficient (Wildman–Crippen LogP) is 3.05.